The Hall–Kier alpha value is -3.72. The monoisotopic (exact) mass is 410 g/mol. The van der Waals surface area contributed by atoms with E-state index in [-0.39, 0.29) is 5.75 Å². The van der Waals surface area contributed by atoms with Crippen molar-refractivity contribution in [2.24, 2.45) is 0 Å². The first kappa shape index (κ1) is 20.5. The van der Waals surface area contributed by atoms with Gasteiger partial charge in [0.15, 0.2) is 0 Å². The Labute approximate surface area is 183 Å². The molecule has 156 valence electrons. The smallest absolute Gasteiger partial charge is 0.123 e. The number of phenolic OH excluding ortho intramolecular Hbond substituents is 1. The Morgan fingerprint density at radius 2 is 1.03 bits per heavy atom. The van der Waals surface area contributed by atoms with Crippen LogP contribution in [0.1, 0.15) is 22.3 Å². The van der Waals surface area contributed by atoms with Crippen LogP contribution in [0.2, 0.25) is 0 Å². The average Bonchev–Trinajstić information content (AvgIpc) is 2.82. The van der Waals surface area contributed by atoms with E-state index >= 15 is 0 Å². The van der Waals surface area contributed by atoms with E-state index in [1.807, 2.05) is 66.7 Å². The van der Waals surface area contributed by atoms with Gasteiger partial charge in [-0.25, -0.2) is 0 Å². The predicted octanol–water partition coefficient (Wildman–Crippen LogP) is 6.34. The second kappa shape index (κ2) is 10.4. The largest absolute Gasteiger partial charge is 0.508 e. The van der Waals surface area contributed by atoms with Crippen molar-refractivity contribution in [2.45, 2.75) is 26.1 Å². The first-order chi connectivity index (χ1) is 15.2. The molecule has 0 heterocycles. The van der Waals surface area contributed by atoms with Crippen molar-refractivity contribution in [3.8, 4) is 17.2 Å². The van der Waals surface area contributed by atoms with Crippen molar-refractivity contribution in [1.29, 1.82) is 0 Å². The van der Waals surface area contributed by atoms with Crippen LogP contribution >= 0.6 is 0 Å². The zero-order chi connectivity index (χ0) is 21.3. The molecular weight excluding hydrogens is 384 g/mol. The lowest BCUT2D eigenvalue weighted by Crippen LogP contribution is -1.97. The van der Waals surface area contributed by atoms with Gasteiger partial charge in [-0.15, -0.1) is 0 Å². The Morgan fingerprint density at radius 1 is 0.484 bits per heavy atom. The predicted molar refractivity (Wildman–Crippen MR) is 124 cm³/mol. The molecule has 3 heteroatoms. The van der Waals surface area contributed by atoms with E-state index in [0.29, 0.717) is 19.0 Å². The van der Waals surface area contributed by atoms with Crippen molar-refractivity contribution in [2.75, 3.05) is 0 Å². The van der Waals surface area contributed by atoms with E-state index in [0.717, 1.165) is 35.3 Å². The van der Waals surface area contributed by atoms with Gasteiger partial charge in [-0.3, -0.25) is 0 Å². The number of hydrogen-bond donors (Lipinski definition) is 1. The van der Waals surface area contributed by atoms with Crippen molar-refractivity contribution in [3.05, 3.63) is 125 Å². The van der Waals surface area contributed by atoms with Crippen LogP contribution < -0.4 is 9.47 Å². The molecule has 0 spiro atoms. The summed E-state index contributed by atoms with van der Waals surface area (Å²) in [5.41, 5.74) is 4.53. The molecule has 0 atom stereocenters. The lowest BCUT2D eigenvalue weighted by atomic mass is 10.0. The number of aromatic hydroxyl groups is 1. The molecule has 0 saturated carbocycles. The van der Waals surface area contributed by atoms with Crippen molar-refractivity contribution in [1.82, 2.24) is 0 Å². The van der Waals surface area contributed by atoms with Crippen molar-refractivity contribution < 1.29 is 14.6 Å². The standard InChI is InChI=1S/C28H26O3/c29-26-17-25(18-28(19-26)31-21-24-9-5-2-6-10-24)12-11-22-13-15-27(16-14-22)30-20-23-7-3-1-4-8-23/h1-10,13-19,29H,11-12,20-21H2. The molecule has 4 aromatic carbocycles. The molecule has 0 aliphatic heterocycles. The van der Waals surface area contributed by atoms with E-state index < -0.39 is 0 Å². The highest BCUT2D eigenvalue weighted by Crippen LogP contribution is 2.24. The van der Waals surface area contributed by atoms with Gasteiger partial charge in [-0.05, 0) is 59.4 Å². The molecule has 0 unspecified atom stereocenters. The first-order valence-corrected chi connectivity index (χ1v) is 10.5. The minimum absolute atomic E-state index is 0.227. The lowest BCUT2D eigenvalue weighted by Gasteiger charge is -2.10. The quantitative estimate of drug-likeness (QED) is 0.350. The van der Waals surface area contributed by atoms with Gasteiger partial charge < -0.3 is 14.6 Å². The van der Waals surface area contributed by atoms with Gasteiger partial charge in [-0.2, -0.15) is 0 Å². The average molecular weight is 411 g/mol. The maximum atomic E-state index is 10.1. The highest BCUT2D eigenvalue weighted by Gasteiger charge is 2.04. The molecule has 0 aliphatic carbocycles. The van der Waals surface area contributed by atoms with Gasteiger partial charge in [0.2, 0.25) is 0 Å². The summed E-state index contributed by atoms with van der Waals surface area (Å²) in [6.07, 6.45) is 1.70. The first-order valence-electron chi connectivity index (χ1n) is 10.5. The van der Waals surface area contributed by atoms with Gasteiger partial charge >= 0.3 is 0 Å². The molecule has 31 heavy (non-hydrogen) atoms. The van der Waals surface area contributed by atoms with E-state index in [9.17, 15) is 5.11 Å². The third-order valence-electron chi connectivity index (χ3n) is 5.07. The van der Waals surface area contributed by atoms with Crippen molar-refractivity contribution in [3.63, 3.8) is 0 Å². The third kappa shape index (κ3) is 6.38. The van der Waals surface area contributed by atoms with Gasteiger partial charge in [0.25, 0.3) is 0 Å². The lowest BCUT2D eigenvalue weighted by molar-refractivity contribution is 0.304. The van der Waals surface area contributed by atoms with Crippen LogP contribution in [0.3, 0.4) is 0 Å². The van der Waals surface area contributed by atoms with Crippen LogP contribution in [-0.2, 0) is 26.1 Å². The Morgan fingerprint density at radius 3 is 1.65 bits per heavy atom. The zero-order valence-electron chi connectivity index (χ0n) is 17.4. The molecule has 0 saturated heterocycles. The molecule has 3 nitrogen and oxygen atoms in total. The molecule has 0 radical (unpaired) electrons. The summed E-state index contributed by atoms with van der Waals surface area (Å²) >= 11 is 0. The van der Waals surface area contributed by atoms with E-state index in [1.54, 1.807) is 12.1 Å². The summed E-state index contributed by atoms with van der Waals surface area (Å²) < 4.78 is 11.7. The van der Waals surface area contributed by atoms with E-state index in [2.05, 4.69) is 24.3 Å². The number of hydrogen-bond acceptors (Lipinski definition) is 3. The fourth-order valence-corrected chi connectivity index (χ4v) is 3.39. The van der Waals surface area contributed by atoms with Crippen LogP contribution in [0, 0.1) is 0 Å². The molecule has 0 aliphatic rings. The molecule has 0 aromatic heterocycles. The fraction of sp³-hybridized carbons (Fsp3) is 0.143. The summed E-state index contributed by atoms with van der Waals surface area (Å²) in [6.45, 7) is 1.05. The summed E-state index contributed by atoms with van der Waals surface area (Å²) in [5.74, 6) is 1.77. The number of benzene rings is 4. The number of phenols is 1. The molecule has 0 fully saturated rings. The van der Waals surface area contributed by atoms with Gasteiger partial charge in [0, 0.05) is 6.07 Å². The van der Waals surface area contributed by atoms with Gasteiger partial charge in [0.05, 0.1) is 0 Å². The van der Waals surface area contributed by atoms with Crippen molar-refractivity contribution >= 4 is 0 Å². The van der Waals surface area contributed by atoms with E-state index in [1.165, 1.54) is 5.56 Å². The van der Waals surface area contributed by atoms with Crippen LogP contribution in [-0.4, -0.2) is 5.11 Å². The van der Waals surface area contributed by atoms with Crippen LogP contribution in [0.15, 0.2) is 103 Å². The van der Waals surface area contributed by atoms with Gasteiger partial charge in [-0.1, -0.05) is 72.8 Å². The van der Waals surface area contributed by atoms with Crippen LogP contribution in [0.4, 0.5) is 0 Å². The molecule has 4 rings (SSSR count). The molecule has 0 bridgehead atoms. The number of aryl methyl sites for hydroxylation is 2. The summed E-state index contributed by atoms with van der Waals surface area (Å²) in [4.78, 5) is 0. The van der Waals surface area contributed by atoms with E-state index in [4.69, 9.17) is 9.47 Å². The minimum atomic E-state index is 0.227. The Bertz CT molecular complexity index is 1070. The van der Waals surface area contributed by atoms with Crippen LogP contribution in [0.5, 0.6) is 17.2 Å². The normalized spacial score (nSPS) is 10.6. The summed E-state index contributed by atoms with van der Waals surface area (Å²) in [7, 11) is 0. The minimum Gasteiger partial charge on any atom is -0.508 e. The van der Waals surface area contributed by atoms with Gasteiger partial charge in [0.1, 0.15) is 30.5 Å². The number of ether oxygens (including phenoxy) is 2. The topological polar surface area (TPSA) is 38.7 Å². The zero-order valence-corrected chi connectivity index (χ0v) is 17.4. The molecule has 0 amide bonds. The molecule has 4 aromatic rings. The fourth-order valence-electron chi connectivity index (χ4n) is 3.39. The second-order valence-electron chi connectivity index (χ2n) is 7.53. The maximum Gasteiger partial charge on any atom is 0.123 e. The summed E-state index contributed by atoms with van der Waals surface area (Å²) in [6, 6.07) is 33.8. The SMILES string of the molecule is Oc1cc(CCc2ccc(OCc3ccccc3)cc2)cc(OCc2ccccc2)c1. The highest BCUT2D eigenvalue weighted by molar-refractivity contribution is 5.38. The third-order valence-corrected chi connectivity index (χ3v) is 5.07. The highest BCUT2D eigenvalue weighted by atomic mass is 16.5. The maximum absolute atomic E-state index is 10.1. The second-order valence-corrected chi connectivity index (χ2v) is 7.53. The van der Waals surface area contributed by atoms with Crippen LogP contribution in [0.25, 0.3) is 0 Å². The molecular formula is C28H26O3. The Balaban J connectivity index is 1.30. The number of rotatable bonds is 9. The summed E-state index contributed by atoms with van der Waals surface area (Å²) in [5, 5.41) is 10.1. The Kier molecular flexibility index (Phi) is 6.86. The molecule has 1 N–H and O–H groups in total.